The molecule has 0 unspecified atom stereocenters. The molecule has 1 N–H and O–H groups in total. The van der Waals surface area contributed by atoms with Crippen molar-refractivity contribution in [1.82, 2.24) is 0 Å². The lowest BCUT2D eigenvalue weighted by molar-refractivity contribution is -0.384. The lowest BCUT2D eigenvalue weighted by Crippen LogP contribution is -2.12. The molecule has 20 heavy (non-hydrogen) atoms. The van der Waals surface area contributed by atoms with Crippen molar-refractivity contribution >= 4 is 23.6 Å². The van der Waals surface area contributed by atoms with Gasteiger partial charge in [-0.3, -0.25) is 19.7 Å². The molecule has 2 rings (SSSR count). The van der Waals surface area contributed by atoms with Gasteiger partial charge in [0.2, 0.25) is 0 Å². The molecule has 0 aliphatic rings. The number of amides is 1. The van der Waals surface area contributed by atoms with Crippen molar-refractivity contribution in [2.24, 2.45) is 0 Å². The Hall–Kier alpha value is -3.02. The molecule has 0 spiro atoms. The van der Waals surface area contributed by atoms with Crippen LogP contribution in [0.4, 0.5) is 11.4 Å². The number of carbonyl (C=O) groups excluding carboxylic acids is 2. The standard InChI is InChI=1S/C14H10N2O4/c17-9-10-3-1-4-11(7-10)14(18)15-12-5-2-6-13(8-12)16(19)20/h1-9H,(H,15,18). The Morgan fingerprint density at radius 1 is 1.15 bits per heavy atom. The van der Waals surface area contributed by atoms with Gasteiger partial charge < -0.3 is 5.32 Å². The molecule has 0 fully saturated rings. The second-order valence-electron chi connectivity index (χ2n) is 4.00. The summed E-state index contributed by atoms with van der Waals surface area (Å²) in [5, 5.41) is 13.2. The lowest BCUT2D eigenvalue weighted by Gasteiger charge is -2.05. The van der Waals surface area contributed by atoms with Gasteiger partial charge in [-0.05, 0) is 18.2 Å². The number of anilines is 1. The SMILES string of the molecule is O=Cc1cccc(C(=O)Nc2cccc([N+](=O)[O-])c2)c1. The van der Waals surface area contributed by atoms with Crippen molar-refractivity contribution in [2.45, 2.75) is 0 Å². The molecular weight excluding hydrogens is 260 g/mol. The zero-order valence-electron chi connectivity index (χ0n) is 10.3. The highest BCUT2D eigenvalue weighted by atomic mass is 16.6. The minimum absolute atomic E-state index is 0.107. The number of nitrogens with zero attached hydrogens (tertiary/aromatic N) is 1. The van der Waals surface area contributed by atoms with E-state index in [0.29, 0.717) is 23.1 Å². The second kappa shape index (κ2) is 5.75. The van der Waals surface area contributed by atoms with Gasteiger partial charge in [-0.1, -0.05) is 18.2 Å². The van der Waals surface area contributed by atoms with Crippen LogP contribution < -0.4 is 5.32 Å². The van der Waals surface area contributed by atoms with Crippen LogP contribution in [0.15, 0.2) is 48.5 Å². The molecule has 2 aromatic carbocycles. The van der Waals surface area contributed by atoms with Crippen molar-refractivity contribution in [3.8, 4) is 0 Å². The number of nitro benzene ring substituents is 1. The van der Waals surface area contributed by atoms with E-state index in [1.54, 1.807) is 24.3 Å². The maximum absolute atomic E-state index is 12.0. The fourth-order valence-corrected chi connectivity index (χ4v) is 1.65. The number of hydrogen-bond acceptors (Lipinski definition) is 4. The minimum Gasteiger partial charge on any atom is -0.322 e. The predicted molar refractivity (Wildman–Crippen MR) is 72.9 cm³/mol. The molecule has 0 saturated heterocycles. The summed E-state index contributed by atoms with van der Waals surface area (Å²) in [6, 6.07) is 11.8. The number of nitrogens with one attached hydrogen (secondary N) is 1. The number of benzene rings is 2. The molecule has 100 valence electrons. The number of non-ortho nitro benzene ring substituents is 1. The van der Waals surface area contributed by atoms with Crippen LogP contribution in [0.1, 0.15) is 20.7 Å². The molecular formula is C14H10N2O4. The molecule has 0 aliphatic heterocycles. The first-order chi connectivity index (χ1) is 9.60. The summed E-state index contributed by atoms with van der Waals surface area (Å²) in [4.78, 5) is 32.7. The zero-order chi connectivity index (χ0) is 14.5. The van der Waals surface area contributed by atoms with E-state index in [-0.39, 0.29) is 5.69 Å². The zero-order valence-corrected chi connectivity index (χ0v) is 10.3. The normalized spacial score (nSPS) is 9.80. The van der Waals surface area contributed by atoms with Crippen molar-refractivity contribution < 1.29 is 14.5 Å². The van der Waals surface area contributed by atoms with E-state index in [4.69, 9.17) is 0 Å². The van der Waals surface area contributed by atoms with Crippen LogP contribution in [0.5, 0.6) is 0 Å². The van der Waals surface area contributed by atoms with Gasteiger partial charge in [0.15, 0.2) is 0 Å². The Morgan fingerprint density at radius 3 is 2.60 bits per heavy atom. The maximum atomic E-state index is 12.0. The highest BCUT2D eigenvalue weighted by Crippen LogP contribution is 2.18. The van der Waals surface area contributed by atoms with E-state index in [9.17, 15) is 19.7 Å². The van der Waals surface area contributed by atoms with Crippen LogP contribution in [-0.4, -0.2) is 17.1 Å². The van der Waals surface area contributed by atoms with Gasteiger partial charge in [-0.15, -0.1) is 0 Å². The van der Waals surface area contributed by atoms with Crippen LogP contribution in [-0.2, 0) is 0 Å². The van der Waals surface area contributed by atoms with E-state index in [1.807, 2.05) is 0 Å². The van der Waals surface area contributed by atoms with Gasteiger partial charge in [-0.2, -0.15) is 0 Å². The molecule has 0 saturated carbocycles. The van der Waals surface area contributed by atoms with Crippen LogP contribution in [0, 0.1) is 10.1 Å². The number of nitro groups is 1. The lowest BCUT2D eigenvalue weighted by atomic mass is 10.1. The van der Waals surface area contributed by atoms with Gasteiger partial charge in [0.05, 0.1) is 4.92 Å². The maximum Gasteiger partial charge on any atom is 0.271 e. The van der Waals surface area contributed by atoms with Gasteiger partial charge >= 0.3 is 0 Å². The largest absolute Gasteiger partial charge is 0.322 e. The van der Waals surface area contributed by atoms with Crippen LogP contribution >= 0.6 is 0 Å². The van der Waals surface area contributed by atoms with Gasteiger partial charge in [0.1, 0.15) is 6.29 Å². The Morgan fingerprint density at radius 2 is 1.90 bits per heavy atom. The first-order valence-corrected chi connectivity index (χ1v) is 5.71. The first-order valence-electron chi connectivity index (χ1n) is 5.71. The van der Waals surface area contributed by atoms with Crippen molar-refractivity contribution in [3.63, 3.8) is 0 Å². The minimum atomic E-state index is -0.539. The average molecular weight is 270 g/mol. The number of rotatable bonds is 4. The predicted octanol–water partition coefficient (Wildman–Crippen LogP) is 2.66. The Balaban J connectivity index is 2.20. The Bertz CT molecular complexity index is 682. The Labute approximate surface area is 114 Å². The topological polar surface area (TPSA) is 89.3 Å². The van der Waals surface area contributed by atoms with Crippen molar-refractivity contribution in [2.75, 3.05) is 5.32 Å². The van der Waals surface area contributed by atoms with E-state index in [0.717, 1.165) is 0 Å². The van der Waals surface area contributed by atoms with Crippen LogP contribution in [0.2, 0.25) is 0 Å². The van der Waals surface area contributed by atoms with Crippen molar-refractivity contribution in [1.29, 1.82) is 0 Å². The quantitative estimate of drug-likeness (QED) is 0.525. The molecule has 1 amide bonds. The molecule has 2 aromatic rings. The summed E-state index contributed by atoms with van der Waals surface area (Å²) in [5.74, 6) is -0.436. The van der Waals surface area contributed by atoms with Gasteiger partial charge in [-0.25, -0.2) is 0 Å². The first kappa shape index (κ1) is 13.4. The highest BCUT2D eigenvalue weighted by molar-refractivity contribution is 6.05. The summed E-state index contributed by atoms with van der Waals surface area (Å²) >= 11 is 0. The molecule has 0 aliphatic carbocycles. The van der Waals surface area contributed by atoms with Gasteiger partial charge in [0, 0.05) is 28.9 Å². The molecule has 6 heteroatoms. The fraction of sp³-hybridized carbons (Fsp3) is 0. The third-order valence-corrected chi connectivity index (χ3v) is 2.60. The second-order valence-corrected chi connectivity index (χ2v) is 4.00. The molecule has 0 bridgehead atoms. The third kappa shape index (κ3) is 3.05. The number of carbonyl (C=O) groups is 2. The van der Waals surface area contributed by atoms with Crippen molar-refractivity contribution in [3.05, 3.63) is 69.8 Å². The summed E-state index contributed by atoms with van der Waals surface area (Å²) in [7, 11) is 0. The van der Waals surface area contributed by atoms with Crippen LogP contribution in [0.3, 0.4) is 0 Å². The third-order valence-electron chi connectivity index (χ3n) is 2.60. The summed E-state index contributed by atoms with van der Waals surface area (Å²) in [5.41, 5.74) is 0.906. The molecule has 6 nitrogen and oxygen atoms in total. The molecule has 0 heterocycles. The monoisotopic (exact) mass is 270 g/mol. The molecule has 0 radical (unpaired) electrons. The number of hydrogen-bond donors (Lipinski definition) is 1. The van der Waals surface area contributed by atoms with E-state index >= 15 is 0 Å². The highest BCUT2D eigenvalue weighted by Gasteiger charge is 2.10. The molecule has 0 aromatic heterocycles. The van der Waals surface area contributed by atoms with Gasteiger partial charge in [0.25, 0.3) is 11.6 Å². The fourth-order valence-electron chi connectivity index (χ4n) is 1.65. The van der Waals surface area contributed by atoms with E-state index in [1.165, 1.54) is 24.3 Å². The summed E-state index contributed by atoms with van der Waals surface area (Å²) in [6.45, 7) is 0. The summed E-state index contributed by atoms with van der Waals surface area (Å²) in [6.07, 6.45) is 0.643. The Kier molecular flexibility index (Phi) is 3.85. The average Bonchev–Trinajstić information content (AvgIpc) is 2.47. The molecule has 0 atom stereocenters. The van der Waals surface area contributed by atoms with Crippen LogP contribution in [0.25, 0.3) is 0 Å². The smallest absolute Gasteiger partial charge is 0.271 e. The van der Waals surface area contributed by atoms with E-state index < -0.39 is 10.8 Å². The van der Waals surface area contributed by atoms with E-state index in [2.05, 4.69) is 5.32 Å². The number of aldehydes is 1. The summed E-state index contributed by atoms with van der Waals surface area (Å²) < 4.78 is 0.